The zero-order valence-corrected chi connectivity index (χ0v) is 13.5. The standard InChI is InChI=1S/C21H16N2O2/c24-21(22-14-15-7-3-1-4-8-15)17-11-12-19-18(13-17)20(25-23-19)16-9-5-2-6-10-16/h1-13H,14H2,(H,22,24). The minimum absolute atomic E-state index is 0.119. The van der Waals surface area contributed by atoms with Gasteiger partial charge in [-0.2, -0.15) is 0 Å². The minimum atomic E-state index is -0.119. The lowest BCUT2D eigenvalue weighted by molar-refractivity contribution is 0.0951. The molecule has 4 rings (SSSR count). The van der Waals surface area contributed by atoms with Crippen molar-refractivity contribution in [3.8, 4) is 11.3 Å². The molecule has 0 saturated heterocycles. The molecule has 4 aromatic rings. The first-order valence-electron chi connectivity index (χ1n) is 8.08. The topological polar surface area (TPSA) is 55.1 Å². The summed E-state index contributed by atoms with van der Waals surface area (Å²) in [7, 11) is 0. The summed E-state index contributed by atoms with van der Waals surface area (Å²) >= 11 is 0. The highest BCUT2D eigenvalue weighted by Crippen LogP contribution is 2.29. The fraction of sp³-hybridized carbons (Fsp3) is 0.0476. The van der Waals surface area contributed by atoms with Crippen molar-refractivity contribution in [1.29, 1.82) is 0 Å². The normalized spacial score (nSPS) is 10.7. The monoisotopic (exact) mass is 328 g/mol. The second-order valence-electron chi connectivity index (χ2n) is 5.78. The zero-order chi connectivity index (χ0) is 17.1. The average Bonchev–Trinajstić information content (AvgIpc) is 3.11. The van der Waals surface area contributed by atoms with Crippen LogP contribution in [0.2, 0.25) is 0 Å². The molecule has 1 heterocycles. The van der Waals surface area contributed by atoms with Gasteiger partial charge in [-0.05, 0) is 23.8 Å². The lowest BCUT2D eigenvalue weighted by Crippen LogP contribution is -2.22. The largest absolute Gasteiger partial charge is 0.355 e. The first-order valence-corrected chi connectivity index (χ1v) is 8.08. The van der Waals surface area contributed by atoms with Crippen molar-refractivity contribution in [1.82, 2.24) is 10.5 Å². The molecule has 0 bridgehead atoms. The van der Waals surface area contributed by atoms with Gasteiger partial charge in [0.25, 0.3) is 5.91 Å². The van der Waals surface area contributed by atoms with Crippen LogP contribution in [0.4, 0.5) is 0 Å². The number of aromatic nitrogens is 1. The Bertz CT molecular complexity index is 1010. The number of fused-ring (bicyclic) bond motifs is 1. The molecular weight excluding hydrogens is 312 g/mol. The number of rotatable bonds is 4. The Hall–Kier alpha value is -3.40. The van der Waals surface area contributed by atoms with Crippen molar-refractivity contribution in [3.63, 3.8) is 0 Å². The van der Waals surface area contributed by atoms with E-state index in [2.05, 4.69) is 10.5 Å². The number of carbonyl (C=O) groups excluding carboxylic acids is 1. The van der Waals surface area contributed by atoms with E-state index >= 15 is 0 Å². The third-order valence-corrected chi connectivity index (χ3v) is 4.07. The van der Waals surface area contributed by atoms with Gasteiger partial charge in [0.15, 0.2) is 5.76 Å². The summed E-state index contributed by atoms with van der Waals surface area (Å²) in [5.74, 6) is 0.555. The number of carbonyl (C=O) groups is 1. The quantitative estimate of drug-likeness (QED) is 0.603. The molecule has 0 saturated carbocycles. The van der Waals surface area contributed by atoms with Crippen molar-refractivity contribution >= 4 is 16.8 Å². The lowest BCUT2D eigenvalue weighted by atomic mass is 10.1. The van der Waals surface area contributed by atoms with Gasteiger partial charge < -0.3 is 9.84 Å². The third-order valence-electron chi connectivity index (χ3n) is 4.07. The van der Waals surface area contributed by atoms with Crippen LogP contribution in [0, 0.1) is 0 Å². The second-order valence-corrected chi connectivity index (χ2v) is 5.78. The van der Waals surface area contributed by atoms with Gasteiger partial charge in [-0.15, -0.1) is 0 Å². The van der Waals surface area contributed by atoms with E-state index < -0.39 is 0 Å². The molecule has 1 N–H and O–H groups in total. The predicted octanol–water partition coefficient (Wildman–Crippen LogP) is 4.42. The van der Waals surface area contributed by atoms with Gasteiger partial charge in [0, 0.05) is 17.7 Å². The minimum Gasteiger partial charge on any atom is -0.355 e. The number of hydrogen-bond donors (Lipinski definition) is 1. The number of nitrogens with one attached hydrogen (secondary N) is 1. The van der Waals surface area contributed by atoms with Crippen molar-refractivity contribution in [3.05, 3.63) is 90.0 Å². The van der Waals surface area contributed by atoms with Crippen molar-refractivity contribution in [2.45, 2.75) is 6.54 Å². The maximum atomic E-state index is 12.5. The first kappa shape index (κ1) is 15.1. The molecule has 1 amide bonds. The fourth-order valence-electron chi connectivity index (χ4n) is 2.76. The number of hydrogen-bond acceptors (Lipinski definition) is 3. The summed E-state index contributed by atoms with van der Waals surface area (Å²) in [6.45, 7) is 0.493. The van der Waals surface area contributed by atoms with E-state index in [1.165, 1.54) is 0 Å². The molecule has 0 aliphatic rings. The summed E-state index contributed by atoms with van der Waals surface area (Å²) in [5, 5.41) is 7.86. The second kappa shape index (κ2) is 6.61. The molecule has 1 aromatic heterocycles. The molecule has 4 nitrogen and oxygen atoms in total. The molecular formula is C21H16N2O2. The van der Waals surface area contributed by atoms with Crippen LogP contribution in [0.15, 0.2) is 83.4 Å². The summed E-state index contributed by atoms with van der Waals surface area (Å²) < 4.78 is 5.48. The van der Waals surface area contributed by atoms with Crippen LogP contribution in [-0.2, 0) is 6.54 Å². The Morgan fingerprint density at radius 2 is 1.64 bits per heavy atom. The van der Waals surface area contributed by atoms with E-state index in [-0.39, 0.29) is 5.91 Å². The average molecular weight is 328 g/mol. The Labute approximate surface area is 145 Å². The molecule has 3 aromatic carbocycles. The molecule has 4 heteroatoms. The Morgan fingerprint density at radius 1 is 0.920 bits per heavy atom. The lowest BCUT2D eigenvalue weighted by Gasteiger charge is -2.05. The van der Waals surface area contributed by atoms with Crippen LogP contribution >= 0.6 is 0 Å². The Balaban J connectivity index is 1.61. The highest BCUT2D eigenvalue weighted by molar-refractivity contribution is 6.00. The van der Waals surface area contributed by atoms with E-state index in [1.54, 1.807) is 6.07 Å². The fourth-order valence-corrected chi connectivity index (χ4v) is 2.76. The number of benzene rings is 3. The summed E-state index contributed by atoms with van der Waals surface area (Å²) in [6, 6.07) is 25.0. The molecule has 0 aliphatic carbocycles. The van der Waals surface area contributed by atoms with Crippen LogP contribution in [-0.4, -0.2) is 11.1 Å². The van der Waals surface area contributed by atoms with Crippen molar-refractivity contribution in [2.75, 3.05) is 0 Å². The predicted molar refractivity (Wildman–Crippen MR) is 97.1 cm³/mol. The molecule has 0 atom stereocenters. The summed E-state index contributed by atoms with van der Waals surface area (Å²) in [4.78, 5) is 12.5. The van der Waals surface area contributed by atoms with Crippen molar-refractivity contribution < 1.29 is 9.32 Å². The van der Waals surface area contributed by atoms with Gasteiger partial charge in [0.1, 0.15) is 5.52 Å². The molecule has 0 radical (unpaired) electrons. The van der Waals surface area contributed by atoms with E-state index in [0.717, 1.165) is 22.0 Å². The van der Waals surface area contributed by atoms with Crippen LogP contribution in [0.3, 0.4) is 0 Å². The molecule has 0 unspecified atom stereocenters. The van der Waals surface area contributed by atoms with Gasteiger partial charge in [0.05, 0.1) is 5.39 Å². The van der Waals surface area contributed by atoms with Crippen LogP contribution < -0.4 is 5.32 Å². The molecule has 25 heavy (non-hydrogen) atoms. The third kappa shape index (κ3) is 3.15. The van der Waals surface area contributed by atoms with Crippen LogP contribution in [0.1, 0.15) is 15.9 Å². The zero-order valence-electron chi connectivity index (χ0n) is 13.5. The number of nitrogens with zero attached hydrogens (tertiary/aromatic N) is 1. The summed E-state index contributed by atoms with van der Waals surface area (Å²) in [5.41, 5.74) is 3.32. The molecule has 0 aliphatic heterocycles. The maximum Gasteiger partial charge on any atom is 0.251 e. The van der Waals surface area contributed by atoms with E-state index in [4.69, 9.17) is 4.52 Å². The van der Waals surface area contributed by atoms with Gasteiger partial charge >= 0.3 is 0 Å². The van der Waals surface area contributed by atoms with Gasteiger partial charge in [-0.1, -0.05) is 65.8 Å². The molecule has 122 valence electrons. The Morgan fingerprint density at radius 3 is 2.40 bits per heavy atom. The highest BCUT2D eigenvalue weighted by atomic mass is 16.5. The van der Waals surface area contributed by atoms with Crippen LogP contribution in [0.5, 0.6) is 0 Å². The van der Waals surface area contributed by atoms with E-state index in [9.17, 15) is 4.79 Å². The van der Waals surface area contributed by atoms with Crippen LogP contribution in [0.25, 0.3) is 22.2 Å². The Kier molecular flexibility index (Phi) is 4.01. The SMILES string of the molecule is O=C(NCc1ccccc1)c1ccc2noc(-c3ccccc3)c2c1. The smallest absolute Gasteiger partial charge is 0.251 e. The van der Waals surface area contributed by atoms with E-state index in [0.29, 0.717) is 17.9 Å². The van der Waals surface area contributed by atoms with Gasteiger partial charge in [0.2, 0.25) is 0 Å². The maximum absolute atomic E-state index is 12.5. The summed E-state index contributed by atoms with van der Waals surface area (Å²) in [6.07, 6.45) is 0. The van der Waals surface area contributed by atoms with E-state index in [1.807, 2.05) is 72.8 Å². The number of amides is 1. The highest BCUT2D eigenvalue weighted by Gasteiger charge is 2.13. The molecule has 0 spiro atoms. The molecule has 0 fully saturated rings. The van der Waals surface area contributed by atoms with Gasteiger partial charge in [-0.3, -0.25) is 4.79 Å². The first-order chi connectivity index (χ1) is 12.3. The van der Waals surface area contributed by atoms with Crippen molar-refractivity contribution in [2.24, 2.45) is 0 Å². The van der Waals surface area contributed by atoms with Gasteiger partial charge in [-0.25, -0.2) is 0 Å².